The topological polar surface area (TPSA) is 76.2 Å². The number of carbonyl (C=O) groups is 1. The highest BCUT2D eigenvalue weighted by Crippen LogP contribution is 2.37. The number of amides is 2. The zero-order valence-electron chi connectivity index (χ0n) is 18.1. The van der Waals surface area contributed by atoms with Crippen LogP contribution in [0.5, 0.6) is 17.2 Å². The number of anilines is 2. The highest BCUT2D eigenvalue weighted by Gasteiger charge is 2.25. The zero-order valence-corrected chi connectivity index (χ0v) is 18.9. The summed E-state index contributed by atoms with van der Waals surface area (Å²) in [5.41, 5.74) is 2.67. The molecule has 0 aliphatic carbocycles. The molecule has 0 unspecified atom stereocenters. The number of carbonyl (C=O) groups excluding carboxylic acids is 1. The third-order valence-corrected chi connectivity index (χ3v) is 6.65. The van der Waals surface area contributed by atoms with Gasteiger partial charge in [0.2, 0.25) is 0 Å². The highest BCUT2D eigenvalue weighted by molar-refractivity contribution is 7.22. The Morgan fingerprint density at radius 3 is 2.42 bits per heavy atom. The van der Waals surface area contributed by atoms with Crippen LogP contribution >= 0.6 is 11.3 Å². The molecule has 0 radical (unpaired) electrons. The summed E-state index contributed by atoms with van der Waals surface area (Å²) in [7, 11) is 4.79. The molecule has 2 aromatic carbocycles. The van der Waals surface area contributed by atoms with E-state index in [1.54, 1.807) is 49.7 Å². The SMILES string of the molecule is COc1cccc(NC(=O)N2CCN(c3nc4c(OC)ccc(C)c4s3)CC2)c1OC. The van der Waals surface area contributed by atoms with E-state index in [2.05, 4.69) is 23.2 Å². The Morgan fingerprint density at radius 2 is 1.74 bits per heavy atom. The summed E-state index contributed by atoms with van der Waals surface area (Å²) in [5.74, 6) is 1.87. The van der Waals surface area contributed by atoms with Gasteiger partial charge in [-0.05, 0) is 30.7 Å². The van der Waals surface area contributed by atoms with Crippen molar-refractivity contribution in [1.29, 1.82) is 0 Å². The number of ether oxygens (including phenoxy) is 3. The molecule has 1 aliphatic rings. The summed E-state index contributed by atoms with van der Waals surface area (Å²) in [5, 5.41) is 3.89. The van der Waals surface area contributed by atoms with Crippen LogP contribution in [-0.2, 0) is 0 Å². The lowest BCUT2D eigenvalue weighted by molar-refractivity contribution is 0.208. The number of aromatic nitrogens is 1. The van der Waals surface area contributed by atoms with Crippen LogP contribution < -0.4 is 24.4 Å². The predicted molar refractivity (Wildman–Crippen MR) is 123 cm³/mol. The summed E-state index contributed by atoms with van der Waals surface area (Å²) in [6.07, 6.45) is 0. The minimum atomic E-state index is -0.159. The maximum atomic E-state index is 12.8. The van der Waals surface area contributed by atoms with Crippen LogP contribution in [0.15, 0.2) is 30.3 Å². The Morgan fingerprint density at radius 1 is 1.00 bits per heavy atom. The van der Waals surface area contributed by atoms with Crippen LogP contribution in [0.25, 0.3) is 10.2 Å². The molecule has 3 aromatic rings. The smallest absolute Gasteiger partial charge is 0.322 e. The maximum Gasteiger partial charge on any atom is 0.322 e. The summed E-state index contributed by atoms with van der Waals surface area (Å²) >= 11 is 1.67. The van der Waals surface area contributed by atoms with Crippen LogP contribution in [0.2, 0.25) is 0 Å². The highest BCUT2D eigenvalue weighted by atomic mass is 32.1. The molecule has 2 heterocycles. The first-order chi connectivity index (χ1) is 15.0. The molecular formula is C22H26N4O4S. The molecule has 1 saturated heterocycles. The monoisotopic (exact) mass is 442 g/mol. The largest absolute Gasteiger partial charge is 0.494 e. The zero-order chi connectivity index (χ0) is 22.0. The van der Waals surface area contributed by atoms with Crippen molar-refractivity contribution in [3.8, 4) is 17.2 Å². The van der Waals surface area contributed by atoms with Crippen molar-refractivity contribution in [1.82, 2.24) is 9.88 Å². The fraction of sp³-hybridized carbons (Fsp3) is 0.364. The molecule has 1 fully saturated rings. The van der Waals surface area contributed by atoms with Crippen molar-refractivity contribution in [2.24, 2.45) is 0 Å². The van der Waals surface area contributed by atoms with Crippen LogP contribution in [0.1, 0.15) is 5.56 Å². The summed E-state index contributed by atoms with van der Waals surface area (Å²) in [4.78, 5) is 21.7. The van der Waals surface area contributed by atoms with Crippen molar-refractivity contribution in [2.45, 2.75) is 6.92 Å². The molecule has 0 saturated carbocycles. The molecule has 8 nitrogen and oxygen atoms in total. The van der Waals surface area contributed by atoms with E-state index in [4.69, 9.17) is 19.2 Å². The first-order valence-corrected chi connectivity index (χ1v) is 10.8. The van der Waals surface area contributed by atoms with Crippen molar-refractivity contribution < 1.29 is 19.0 Å². The lowest BCUT2D eigenvalue weighted by atomic mass is 10.2. The third kappa shape index (κ3) is 4.05. The maximum absolute atomic E-state index is 12.8. The second-order valence-corrected chi connectivity index (χ2v) is 8.18. The van der Waals surface area contributed by atoms with Crippen LogP contribution in [0.4, 0.5) is 15.6 Å². The van der Waals surface area contributed by atoms with Crippen molar-refractivity contribution in [3.05, 3.63) is 35.9 Å². The number of nitrogens with zero attached hydrogens (tertiary/aromatic N) is 3. The number of rotatable bonds is 5. The van der Waals surface area contributed by atoms with E-state index in [0.717, 1.165) is 21.1 Å². The number of aryl methyl sites for hydroxylation is 1. The van der Waals surface area contributed by atoms with E-state index >= 15 is 0 Å². The summed E-state index contributed by atoms with van der Waals surface area (Å²) in [6.45, 7) is 4.71. The van der Waals surface area contributed by atoms with Gasteiger partial charge in [-0.2, -0.15) is 0 Å². The summed E-state index contributed by atoms with van der Waals surface area (Å²) < 4.78 is 17.3. The molecule has 0 atom stereocenters. The molecule has 0 bridgehead atoms. The lowest BCUT2D eigenvalue weighted by Crippen LogP contribution is -2.50. The van der Waals surface area contributed by atoms with E-state index in [9.17, 15) is 4.79 Å². The average Bonchev–Trinajstić information content (AvgIpc) is 3.25. The second-order valence-electron chi connectivity index (χ2n) is 7.20. The first-order valence-electron chi connectivity index (χ1n) is 10.0. The van der Waals surface area contributed by atoms with Gasteiger partial charge in [-0.15, -0.1) is 0 Å². The van der Waals surface area contributed by atoms with Gasteiger partial charge in [0.25, 0.3) is 0 Å². The van der Waals surface area contributed by atoms with E-state index in [1.807, 2.05) is 12.1 Å². The fourth-order valence-corrected chi connectivity index (χ4v) is 4.78. The Balaban J connectivity index is 1.44. The normalized spacial score (nSPS) is 13.9. The summed E-state index contributed by atoms with van der Waals surface area (Å²) in [6, 6.07) is 9.26. The number of fused-ring (bicyclic) bond motifs is 1. The van der Waals surface area contributed by atoms with Crippen molar-refractivity contribution in [3.63, 3.8) is 0 Å². The molecule has 4 rings (SSSR count). The van der Waals surface area contributed by atoms with Crippen LogP contribution in [-0.4, -0.2) is 63.4 Å². The predicted octanol–water partition coefficient (Wildman–Crippen LogP) is 3.98. The Bertz CT molecular complexity index is 1090. The molecule has 31 heavy (non-hydrogen) atoms. The van der Waals surface area contributed by atoms with Crippen molar-refractivity contribution in [2.75, 3.05) is 57.7 Å². The van der Waals surface area contributed by atoms with E-state index in [0.29, 0.717) is 43.4 Å². The van der Waals surface area contributed by atoms with Crippen LogP contribution in [0, 0.1) is 6.92 Å². The van der Waals surface area contributed by atoms with E-state index in [-0.39, 0.29) is 6.03 Å². The Hall–Kier alpha value is -3.20. The van der Waals surface area contributed by atoms with Gasteiger partial charge < -0.3 is 29.3 Å². The number of benzene rings is 2. The Labute approximate surface area is 185 Å². The molecule has 2 amide bonds. The standard InChI is InChI=1S/C22H26N4O4S/c1-14-8-9-16(28-2)18-20(14)31-22(24-18)26-12-10-25(11-13-26)21(27)23-15-6-5-7-17(29-3)19(15)30-4/h5-9H,10-13H2,1-4H3,(H,23,27). The minimum absolute atomic E-state index is 0.159. The quantitative estimate of drug-likeness (QED) is 0.644. The number of hydrogen-bond acceptors (Lipinski definition) is 7. The molecule has 1 aliphatic heterocycles. The van der Waals surface area contributed by atoms with Gasteiger partial charge in [-0.25, -0.2) is 9.78 Å². The molecule has 1 N–H and O–H groups in total. The molecule has 1 aromatic heterocycles. The van der Waals surface area contributed by atoms with Gasteiger partial charge in [-0.3, -0.25) is 0 Å². The number of para-hydroxylation sites is 1. The van der Waals surface area contributed by atoms with Gasteiger partial charge >= 0.3 is 6.03 Å². The number of thiazole rings is 1. The van der Waals surface area contributed by atoms with E-state index < -0.39 is 0 Å². The van der Waals surface area contributed by atoms with Gasteiger partial charge in [0.1, 0.15) is 11.3 Å². The third-order valence-electron chi connectivity index (χ3n) is 5.39. The lowest BCUT2D eigenvalue weighted by Gasteiger charge is -2.34. The average molecular weight is 443 g/mol. The van der Waals surface area contributed by atoms with Gasteiger partial charge in [0.05, 0.1) is 31.7 Å². The molecule has 0 spiro atoms. The molecule has 164 valence electrons. The Kier molecular flexibility index (Phi) is 6.03. The molecule has 9 heteroatoms. The number of urea groups is 1. The fourth-order valence-electron chi connectivity index (χ4n) is 3.68. The van der Waals surface area contributed by atoms with Gasteiger partial charge in [-0.1, -0.05) is 23.5 Å². The number of piperazine rings is 1. The molecular weight excluding hydrogens is 416 g/mol. The second kappa shape index (κ2) is 8.89. The van der Waals surface area contributed by atoms with Crippen LogP contribution in [0.3, 0.4) is 0 Å². The van der Waals surface area contributed by atoms with E-state index in [1.165, 1.54) is 5.56 Å². The van der Waals surface area contributed by atoms with Crippen molar-refractivity contribution >= 4 is 38.4 Å². The first kappa shape index (κ1) is 21.0. The van der Waals surface area contributed by atoms with Gasteiger partial charge in [0.15, 0.2) is 16.6 Å². The number of methoxy groups -OCH3 is 3. The number of nitrogens with one attached hydrogen (secondary N) is 1. The van der Waals surface area contributed by atoms with Gasteiger partial charge in [0, 0.05) is 26.2 Å². The minimum Gasteiger partial charge on any atom is -0.494 e. The number of hydrogen-bond donors (Lipinski definition) is 1.